The van der Waals surface area contributed by atoms with E-state index in [-0.39, 0.29) is 34.1 Å². The highest BCUT2D eigenvalue weighted by Crippen LogP contribution is 2.28. The van der Waals surface area contributed by atoms with Gasteiger partial charge in [0.05, 0.1) is 22.0 Å². The van der Waals surface area contributed by atoms with E-state index in [0.717, 1.165) is 10.6 Å². The highest BCUT2D eigenvalue weighted by molar-refractivity contribution is 7.92. The van der Waals surface area contributed by atoms with E-state index in [9.17, 15) is 18.0 Å². The van der Waals surface area contributed by atoms with Crippen LogP contribution in [0.4, 0.5) is 5.69 Å². The average molecular weight is 549 g/mol. The second-order valence-electron chi connectivity index (χ2n) is 8.33. The summed E-state index contributed by atoms with van der Waals surface area (Å²) in [5.41, 5.74) is 0.884. The second kappa shape index (κ2) is 12.1. The van der Waals surface area contributed by atoms with E-state index in [2.05, 4.69) is 5.32 Å². The van der Waals surface area contributed by atoms with Gasteiger partial charge in [-0.1, -0.05) is 60.8 Å². The number of hydrogen-bond donors (Lipinski definition) is 1. The van der Waals surface area contributed by atoms with Crippen molar-refractivity contribution in [2.24, 2.45) is 5.92 Å². The smallest absolute Gasteiger partial charge is 0.244 e. The normalized spacial score (nSPS) is 12.4. The first-order valence-electron chi connectivity index (χ1n) is 10.5. The predicted molar refractivity (Wildman–Crippen MR) is 138 cm³/mol. The van der Waals surface area contributed by atoms with Crippen molar-refractivity contribution >= 4 is 62.3 Å². The molecule has 0 saturated carbocycles. The van der Waals surface area contributed by atoms with Gasteiger partial charge in [0.25, 0.3) is 0 Å². The average Bonchev–Trinajstić information content (AvgIpc) is 2.74. The molecule has 34 heavy (non-hydrogen) atoms. The number of sulfonamides is 1. The molecule has 2 amide bonds. The Balaban J connectivity index is 2.39. The summed E-state index contributed by atoms with van der Waals surface area (Å²) in [7, 11) is -3.86. The molecule has 2 aromatic carbocycles. The summed E-state index contributed by atoms with van der Waals surface area (Å²) in [5, 5.41) is 3.71. The molecule has 0 aliphatic heterocycles. The minimum absolute atomic E-state index is 0.0641. The molecule has 1 N–H and O–H groups in total. The van der Waals surface area contributed by atoms with E-state index >= 15 is 0 Å². The van der Waals surface area contributed by atoms with Crippen LogP contribution >= 0.6 is 34.8 Å². The molecule has 2 aromatic rings. The molecule has 0 radical (unpaired) electrons. The van der Waals surface area contributed by atoms with Gasteiger partial charge in [0.2, 0.25) is 21.8 Å². The van der Waals surface area contributed by atoms with Crippen LogP contribution in [0, 0.1) is 5.92 Å². The fourth-order valence-electron chi connectivity index (χ4n) is 3.12. The standard InChI is InChI=1S/C23H28Cl3N3O4S/c1-15(2)12-27-23(31)16(3)28(13-17-6-5-7-18(24)10-17)22(30)14-29(34(4,32)33)19-8-9-20(25)21(26)11-19/h5-11,15-16H,12-14H2,1-4H3,(H,27,31). The summed E-state index contributed by atoms with van der Waals surface area (Å²) in [4.78, 5) is 27.6. The van der Waals surface area contributed by atoms with E-state index in [0.29, 0.717) is 17.1 Å². The summed E-state index contributed by atoms with van der Waals surface area (Å²) in [6.07, 6.45) is 0.989. The molecule has 0 spiro atoms. The number of amides is 2. The molecule has 7 nitrogen and oxygen atoms in total. The Morgan fingerprint density at radius 3 is 2.24 bits per heavy atom. The number of benzene rings is 2. The monoisotopic (exact) mass is 547 g/mol. The van der Waals surface area contributed by atoms with Crippen molar-refractivity contribution in [3.8, 4) is 0 Å². The zero-order valence-electron chi connectivity index (χ0n) is 19.4. The molecule has 0 aliphatic rings. The molecular formula is C23H28Cl3N3O4S. The Morgan fingerprint density at radius 1 is 1.00 bits per heavy atom. The first-order valence-corrected chi connectivity index (χ1v) is 13.5. The maximum Gasteiger partial charge on any atom is 0.244 e. The Morgan fingerprint density at radius 2 is 1.68 bits per heavy atom. The first kappa shape index (κ1) is 28.2. The molecule has 0 aliphatic carbocycles. The molecule has 0 heterocycles. The van der Waals surface area contributed by atoms with E-state index in [1.54, 1.807) is 31.2 Å². The van der Waals surface area contributed by atoms with Crippen molar-refractivity contribution in [2.45, 2.75) is 33.4 Å². The van der Waals surface area contributed by atoms with Crippen molar-refractivity contribution in [1.82, 2.24) is 10.2 Å². The topological polar surface area (TPSA) is 86.8 Å². The van der Waals surface area contributed by atoms with Gasteiger partial charge in [0, 0.05) is 18.1 Å². The molecule has 2 rings (SSSR count). The van der Waals surface area contributed by atoms with Crippen molar-refractivity contribution in [3.63, 3.8) is 0 Å². The van der Waals surface area contributed by atoms with E-state index in [1.165, 1.54) is 23.1 Å². The van der Waals surface area contributed by atoms with Gasteiger partial charge in [-0.3, -0.25) is 13.9 Å². The molecule has 0 fully saturated rings. The zero-order chi connectivity index (χ0) is 25.6. The Labute approximate surface area is 216 Å². The third-order valence-electron chi connectivity index (χ3n) is 4.96. The molecule has 1 unspecified atom stereocenters. The van der Waals surface area contributed by atoms with Crippen LogP contribution in [0.1, 0.15) is 26.3 Å². The number of halogens is 3. The minimum atomic E-state index is -3.86. The Bertz CT molecular complexity index is 1140. The van der Waals surface area contributed by atoms with Crippen molar-refractivity contribution < 1.29 is 18.0 Å². The third-order valence-corrected chi connectivity index (χ3v) is 7.08. The fraction of sp³-hybridized carbons (Fsp3) is 0.391. The zero-order valence-corrected chi connectivity index (χ0v) is 22.5. The Hall–Kier alpha value is -2.00. The summed E-state index contributed by atoms with van der Waals surface area (Å²) < 4.78 is 26.0. The molecular weight excluding hydrogens is 521 g/mol. The van der Waals surface area contributed by atoms with Crippen LogP contribution in [0.15, 0.2) is 42.5 Å². The van der Waals surface area contributed by atoms with Crippen LogP contribution in [-0.4, -0.2) is 50.5 Å². The lowest BCUT2D eigenvalue weighted by Crippen LogP contribution is -2.51. The van der Waals surface area contributed by atoms with Crippen LogP contribution in [0.2, 0.25) is 15.1 Å². The number of rotatable bonds is 10. The highest BCUT2D eigenvalue weighted by atomic mass is 35.5. The van der Waals surface area contributed by atoms with E-state index in [1.807, 2.05) is 13.8 Å². The van der Waals surface area contributed by atoms with Crippen LogP contribution < -0.4 is 9.62 Å². The number of nitrogens with one attached hydrogen (secondary N) is 1. The SMILES string of the molecule is CC(C)CNC(=O)C(C)N(Cc1cccc(Cl)c1)C(=O)CN(c1ccc(Cl)c(Cl)c1)S(C)(=O)=O. The van der Waals surface area contributed by atoms with Crippen molar-refractivity contribution in [3.05, 3.63) is 63.1 Å². The van der Waals surface area contributed by atoms with Crippen molar-refractivity contribution in [2.75, 3.05) is 23.7 Å². The molecule has 186 valence electrons. The summed E-state index contributed by atoms with van der Waals surface area (Å²) in [6, 6.07) is 10.3. The number of carbonyl (C=O) groups is 2. The highest BCUT2D eigenvalue weighted by Gasteiger charge is 2.30. The lowest BCUT2D eigenvalue weighted by molar-refractivity contribution is -0.139. The van der Waals surface area contributed by atoms with Crippen LogP contribution in [0.3, 0.4) is 0 Å². The van der Waals surface area contributed by atoms with Gasteiger partial charge in [-0.2, -0.15) is 0 Å². The summed E-state index contributed by atoms with van der Waals surface area (Å²) in [6.45, 7) is 5.50. The fourth-order valence-corrected chi connectivity index (χ4v) is 4.47. The van der Waals surface area contributed by atoms with Gasteiger partial charge in [-0.15, -0.1) is 0 Å². The van der Waals surface area contributed by atoms with Gasteiger partial charge in [0.1, 0.15) is 12.6 Å². The summed E-state index contributed by atoms with van der Waals surface area (Å²) >= 11 is 18.1. The molecule has 1 atom stereocenters. The van der Waals surface area contributed by atoms with Crippen LogP contribution in [0.25, 0.3) is 0 Å². The van der Waals surface area contributed by atoms with Gasteiger partial charge < -0.3 is 10.2 Å². The first-order chi connectivity index (χ1) is 15.8. The maximum atomic E-state index is 13.4. The number of nitrogens with zero attached hydrogens (tertiary/aromatic N) is 2. The maximum absolute atomic E-state index is 13.4. The predicted octanol–water partition coefficient (Wildman–Crippen LogP) is 4.60. The molecule has 11 heteroatoms. The van der Waals surface area contributed by atoms with Crippen molar-refractivity contribution in [1.29, 1.82) is 0 Å². The minimum Gasteiger partial charge on any atom is -0.354 e. The lowest BCUT2D eigenvalue weighted by Gasteiger charge is -2.31. The van der Waals surface area contributed by atoms with Gasteiger partial charge in [0.15, 0.2) is 0 Å². The Kier molecular flexibility index (Phi) is 10.1. The van der Waals surface area contributed by atoms with Crippen LogP contribution in [-0.2, 0) is 26.2 Å². The number of anilines is 1. The van der Waals surface area contributed by atoms with E-state index < -0.39 is 28.5 Å². The molecule has 0 aromatic heterocycles. The number of carbonyl (C=O) groups excluding carboxylic acids is 2. The third kappa shape index (κ3) is 8.05. The molecule has 0 bridgehead atoms. The lowest BCUT2D eigenvalue weighted by atomic mass is 10.1. The van der Waals surface area contributed by atoms with Gasteiger partial charge in [-0.05, 0) is 48.7 Å². The van der Waals surface area contributed by atoms with Crippen LogP contribution in [0.5, 0.6) is 0 Å². The van der Waals surface area contributed by atoms with E-state index in [4.69, 9.17) is 34.8 Å². The second-order valence-corrected chi connectivity index (χ2v) is 11.5. The quantitative estimate of drug-likeness (QED) is 0.470. The molecule has 0 saturated heterocycles. The van der Waals surface area contributed by atoms with Gasteiger partial charge >= 0.3 is 0 Å². The number of hydrogen-bond acceptors (Lipinski definition) is 4. The largest absolute Gasteiger partial charge is 0.354 e. The summed E-state index contributed by atoms with van der Waals surface area (Å²) in [5.74, 6) is -0.684. The van der Waals surface area contributed by atoms with Gasteiger partial charge in [-0.25, -0.2) is 8.42 Å².